The lowest BCUT2D eigenvalue weighted by atomic mass is 10.5. The molecule has 70 valence electrons. The summed E-state index contributed by atoms with van der Waals surface area (Å²) >= 11 is 1.13. The maximum atomic E-state index is 12.3. The SMILES string of the molecule is FC(F)(F)c1nnc2n1CC=CS2. The molecule has 13 heavy (non-hydrogen) atoms. The Bertz CT molecular complexity index is 354. The van der Waals surface area contributed by atoms with E-state index in [-0.39, 0.29) is 11.7 Å². The van der Waals surface area contributed by atoms with Crippen molar-refractivity contribution >= 4 is 11.8 Å². The number of hydrogen-bond donors (Lipinski definition) is 0. The van der Waals surface area contributed by atoms with E-state index in [2.05, 4.69) is 10.2 Å². The third-order valence-corrected chi connectivity index (χ3v) is 2.37. The van der Waals surface area contributed by atoms with Gasteiger partial charge in [0.1, 0.15) is 0 Å². The van der Waals surface area contributed by atoms with Crippen LogP contribution in [0.4, 0.5) is 13.2 Å². The normalized spacial score (nSPS) is 15.9. The molecule has 0 unspecified atom stereocenters. The molecule has 1 aromatic rings. The van der Waals surface area contributed by atoms with E-state index >= 15 is 0 Å². The van der Waals surface area contributed by atoms with Crippen molar-refractivity contribution < 1.29 is 13.2 Å². The predicted octanol–water partition coefficient (Wildman–Crippen LogP) is 1.92. The van der Waals surface area contributed by atoms with E-state index < -0.39 is 12.0 Å². The van der Waals surface area contributed by atoms with Gasteiger partial charge in [-0.05, 0) is 5.41 Å². The number of halogens is 3. The van der Waals surface area contributed by atoms with E-state index in [0.29, 0.717) is 0 Å². The van der Waals surface area contributed by atoms with E-state index in [0.717, 1.165) is 16.3 Å². The van der Waals surface area contributed by atoms with Crippen molar-refractivity contribution in [3.63, 3.8) is 0 Å². The maximum absolute atomic E-state index is 12.3. The molecule has 0 bridgehead atoms. The van der Waals surface area contributed by atoms with Crippen LogP contribution in [0.15, 0.2) is 16.6 Å². The molecule has 2 heterocycles. The zero-order chi connectivity index (χ0) is 9.47. The minimum absolute atomic E-state index is 0.185. The van der Waals surface area contributed by atoms with Crippen LogP contribution in [0.5, 0.6) is 0 Å². The highest BCUT2D eigenvalue weighted by Gasteiger charge is 2.38. The predicted molar refractivity (Wildman–Crippen MR) is 40.0 cm³/mol. The first-order chi connectivity index (χ1) is 6.09. The highest BCUT2D eigenvalue weighted by Crippen LogP contribution is 2.32. The average Bonchev–Trinajstić information content (AvgIpc) is 2.45. The minimum atomic E-state index is -4.42. The Labute approximate surface area is 75.6 Å². The van der Waals surface area contributed by atoms with E-state index in [9.17, 15) is 13.2 Å². The molecule has 0 saturated carbocycles. The van der Waals surface area contributed by atoms with Gasteiger partial charge in [0.2, 0.25) is 5.82 Å². The monoisotopic (exact) mass is 207 g/mol. The number of aromatic nitrogens is 3. The Hall–Kier alpha value is -0.980. The zero-order valence-corrected chi connectivity index (χ0v) is 7.06. The van der Waals surface area contributed by atoms with Crippen molar-refractivity contribution in [2.45, 2.75) is 17.9 Å². The Morgan fingerprint density at radius 2 is 2.15 bits per heavy atom. The number of allylic oxidation sites excluding steroid dienone is 1. The highest BCUT2D eigenvalue weighted by atomic mass is 32.2. The van der Waals surface area contributed by atoms with Crippen molar-refractivity contribution in [3.8, 4) is 0 Å². The van der Waals surface area contributed by atoms with Crippen LogP contribution in [0.25, 0.3) is 0 Å². The topological polar surface area (TPSA) is 30.7 Å². The lowest BCUT2D eigenvalue weighted by Crippen LogP contribution is -2.15. The minimum Gasteiger partial charge on any atom is -0.294 e. The van der Waals surface area contributed by atoms with Crippen LogP contribution >= 0.6 is 11.8 Å². The molecular formula is C6H4F3N3S. The quantitative estimate of drug-likeness (QED) is 0.651. The molecule has 0 fully saturated rings. The third-order valence-electron chi connectivity index (χ3n) is 1.53. The van der Waals surface area contributed by atoms with Gasteiger partial charge in [0.15, 0.2) is 5.16 Å². The molecule has 0 aromatic carbocycles. The van der Waals surface area contributed by atoms with Crippen molar-refractivity contribution in [2.24, 2.45) is 0 Å². The van der Waals surface area contributed by atoms with Gasteiger partial charge in [-0.3, -0.25) is 4.57 Å². The van der Waals surface area contributed by atoms with Gasteiger partial charge in [0.25, 0.3) is 0 Å². The first-order valence-corrected chi connectivity index (χ1v) is 4.29. The van der Waals surface area contributed by atoms with Gasteiger partial charge in [-0.2, -0.15) is 13.2 Å². The molecule has 1 aliphatic rings. The van der Waals surface area contributed by atoms with E-state index in [1.165, 1.54) is 0 Å². The van der Waals surface area contributed by atoms with Crippen LogP contribution in [0.1, 0.15) is 5.82 Å². The fourth-order valence-corrected chi connectivity index (χ4v) is 1.69. The van der Waals surface area contributed by atoms with Gasteiger partial charge >= 0.3 is 6.18 Å². The Morgan fingerprint density at radius 1 is 1.38 bits per heavy atom. The molecule has 0 N–H and O–H groups in total. The molecule has 3 nitrogen and oxygen atoms in total. The summed E-state index contributed by atoms with van der Waals surface area (Å²) in [7, 11) is 0. The van der Waals surface area contributed by atoms with Gasteiger partial charge in [0, 0.05) is 6.54 Å². The van der Waals surface area contributed by atoms with Crippen molar-refractivity contribution in [2.75, 3.05) is 0 Å². The molecule has 1 aromatic heterocycles. The largest absolute Gasteiger partial charge is 0.451 e. The van der Waals surface area contributed by atoms with Gasteiger partial charge in [-0.15, -0.1) is 10.2 Å². The molecule has 7 heteroatoms. The number of hydrogen-bond acceptors (Lipinski definition) is 3. The van der Waals surface area contributed by atoms with Crippen LogP contribution < -0.4 is 0 Å². The van der Waals surface area contributed by atoms with E-state index in [1.807, 2.05) is 0 Å². The van der Waals surface area contributed by atoms with E-state index in [4.69, 9.17) is 0 Å². The second kappa shape index (κ2) is 2.76. The third kappa shape index (κ3) is 1.43. The summed E-state index contributed by atoms with van der Waals surface area (Å²) in [5.74, 6) is -0.931. The number of alkyl halides is 3. The van der Waals surface area contributed by atoms with Crippen molar-refractivity contribution in [1.82, 2.24) is 14.8 Å². The second-order valence-corrected chi connectivity index (χ2v) is 3.28. The lowest BCUT2D eigenvalue weighted by molar-refractivity contribution is -0.147. The smallest absolute Gasteiger partial charge is 0.294 e. The summed E-state index contributed by atoms with van der Waals surface area (Å²) < 4.78 is 37.8. The summed E-state index contributed by atoms with van der Waals surface area (Å²) in [6.45, 7) is 0.185. The number of thioether (sulfide) groups is 1. The fourth-order valence-electron chi connectivity index (χ4n) is 1.01. The summed E-state index contributed by atoms with van der Waals surface area (Å²) in [5.41, 5.74) is 0. The molecule has 1 aliphatic heterocycles. The Balaban J connectivity index is 2.46. The molecule has 0 radical (unpaired) electrons. The first-order valence-electron chi connectivity index (χ1n) is 3.41. The van der Waals surface area contributed by atoms with Crippen LogP contribution in [0.3, 0.4) is 0 Å². The van der Waals surface area contributed by atoms with Crippen LogP contribution in [0.2, 0.25) is 0 Å². The van der Waals surface area contributed by atoms with Gasteiger partial charge in [-0.1, -0.05) is 17.8 Å². The van der Waals surface area contributed by atoms with Gasteiger partial charge in [-0.25, -0.2) is 0 Å². The zero-order valence-electron chi connectivity index (χ0n) is 6.25. The first kappa shape index (κ1) is 8.61. The summed E-state index contributed by atoms with van der Waals surface area (Å²) in [4.78, 5) is 0. The van der Waals surface area contributed by atoms with Crippen molar-refractivity contribution in [3.05, 3.63) is 17.3 Å². The van der Waals surface area contributed by atoms with Crippen molar-refractivity contribution in [1.29, 1.82) is 0 Å². The molecule has 0 aliphatic carbocycles. The Morgan fingerprint density at radius 3 is 2.85 bits per heavy atom. The van der Waals surface area contributed by atoms with E-state index in [1.54, 1.807) is 11.5 Å². The molecule has 0 spiro atoms. The highest BCUT2D eigenvalue weighted by molar-refractivity contribution is 8.02. The number of fused-ring (bicyclic) bond motifs is 1. The summed E-state index contributed by atoms with van der Waals surface area (Å²) in [6, 6.07) is 0. The standard InChI is InChI=1S/C6H4F3N3S/c7-6(8,9)4-10-11-5-12(4)2-1-3-13-5/h1,3H,2H2. The lowest BCUT2D eigenvalue weighted by Gasteiger charge is -2.10. The number of nitrogens with zero attached hydrogens (tertiary/aromatic N) is 3. The van der Waals surface area contributed by atoms with Crippen LogP contribution in [-0.4, -0.2) is 14.8 Å². The molecule has 2 rings (SSSR count). The maximum Gasteiger partial charge on any atom is 0.451 e. The van der Waals surface area contributed by atoms with Gasteiger partial charge < -0.3 is 0 Å². The average molecular weight is 207 g/mol. The molecule has 0 atom stereocenters. The van der Waals surface area contributed by atoms with Crippen LogP contribution in [-0.2, 0) is 12.7 Å². The van der Waals surface area contributed by atoms with Crippen LogP contribution in [0, 0.1) is 0 Å². The summed E-state index contributed by atoms with van der Waals surface area (Å²) in [5, 5.41) is 8.51. The second-order valence-electron chi connectivity index (χ2n) is 2.40. The molecule has 0 amide bonds. The fraction of sp³-hybridized carbons (Fsp3) is 0.333. The van der Waals surface area contributed by atoms with Gasteiger partial charge in [0.05, 0.1) is 0 Å². The molecular weight excluding hydrogens is 203 g/mol. The Kier molecular flexibility index (Phi) is 1.83. The molecule has 0 saturated heterocycles. The summed E-state index contributed by atoms with van der Waals surface area (Å²) in [6.07, 6.45) is -2.78. The number of rotatable bonds is 0.